The molecule has 25 heavy (non-hydrogen) atoms. The van der Waals surface area contributed by atoms with Crippen molar-refractivity contribution in [1.29, 1.82) is 0 Å². The van der Waals surface area contributed by atoms with Crippen molar-refractivity contribution in [2.75, 3.05) is 0 Å². The minimum absolute atomic E-state index is 0.0560. The highest BCUT2D eigenvalue weighted by atomic mass is 32.2. The zero-order valence-electron chi connectivity index (χ0n) is 12.6. The van der Waals surface area contributed by atoms with Gasteiger partial charge in [-0.25, -0.2) is 22.0 Å². The molecule has 0 saturated heterocycles. The molecule has 0 spiro atoms. The predicted octanol–water partition coefficient (Wildman–Crippen LogP) is 5.03. The summed E-state index contributed by atoms with van der Waals surface area (Å²) in [5.41, 5.74) is 0.724. The second-order valence-corrected chi connectivity index (χ2v) is 6.00. The minimum atomic E-state index is -2.19. The molecule has 3 rings (SSSR count). The van der Waals surface area contributed by atoms with Gasteiger partial charge < -0.3 is 4.42 Å². The van der Waals surface area contributed by atoms with Crippen LogP contribution >= 0.6 is 11.8 Å². The molecule has 9 heteroatoms. The summed E-state index contributed by atoms with van der Waals surface area (Å²) in [5.74, 6) is -10.3. The normalized spacial score (nSPS) is 11.1. The Labute approximate surface area is 142 Å². The highest BCUT2D eigenvalue weighted by Crippen LogP contribution is 2.30. The molecule has 130 valence electrons. The van der Waals surface area contributed by atoms with Gasteiger partial charge in [0.05, 0.1) is 0 Å². The smallest absolute Gasteiger partial charge is 0.277 e. The standard InChI is InChI=1S/C16H9F5N2OS/c1-7-2-4-8(5-3-7)15-22-23-16(24-15)25-6-9-10(17)12(19)14(21)13(20)11(9)18/h2-5H,6H2,1H3. The Morgan fingerprint density at radius 1 is 0.840 bits per heavy atom. The fourth-order valence-corrected chi connectivity index (χ4v) is 2.75. The van der Waals surface area contributed by atoms with Crippen molar-refractivity contribution < 1.29 is 26.4 Å². The number of hydrogen-bond acceptors (Lipinski definition) is 4. The van der Waals surface area contributed by atoms with Crippen LogP contribution in [0.15, 0.2) is 33.9 Å². The van der Waals surface area contributed by atoms with Crippen LogP contribution in [0, 0.1) is 36.0 Å². The summed E-state index contributed by atoms with van der Waals surface area (Å²) in [6, 6.07) is 7.17. The Kier molecular flexibility index (Phi) is 4.76. The average Bonchev–Trinajstić information content (AvgIpc) is 3.08. The molecule has 0 aliphatic carbocycles. The average molecular weight is 372 g/mol. The fraction of sp³-hybridized carbons (Fsp3) is 0.125. The SMILES string of the molecule is Cc1ccc(-c2nnc(SCc3c(F)c(F)c(F)c(F)c3F)o2)cc1. The first-order valence-electron chi connectivity index (χ1n) is 6.92. The van der Waals surface area contributed by atoms with Crippen LogP contribution in [0.25, 0.3) is 11.5 Å². The number of aryl methyl sites for hydroxylation is 1. The molecule has 0 bridgehead atoms. The third kappa shape index (κ3) is 3.37. The van der Waals surface area contributed by atoms with Gasteiger partial charge in [0.2, 0.25) is 11.7 Å². The van der Waals surface area contributed by atoms with Crippen molar-refractivity contribution in [1.82, 2.24) is 10.2 Å². The van der Waals surface area contributed by atoms with E-state index in [0.29, 0.717) is 17.3 Å². The predicted molar refractivity (Wildman–Crippen MR) is 80.3 cm³/mol. The van der Waals surface area contributed by atoms with Crippen molar-refractivity contribution in [3.05, 3.63) is 64.5 Å². The summed E-state index contributed by atoms with van der Waals surface area (Å²) >= 11 is 0.668. The molecule has 0 aliphatic rings. The molecule has 0 fully saturated rings. The lowest BCUT2D eigenvalue weighted by atomic mass is 10.1. The first kappa shape index (κ1) is 17.4. The third-order valence-corrected chi connectivity index (χ3v) is 4.19. The molecule has 1 aromatic heterocycles. The Bertz CT molecular complexity index is 898. The number of nitrogens with zero attached hydrogens (tertiary/aromatic N) is 2. The van der Waals surface area contributed by atoms with Crippen LogP contribution in [0.5, 0.6) is 0 Å². The summed E-state index contributed by atoms with van der Waals surface area (Å²) in [7, 11) is 0. The summed E-state index contributed by atoms with van der Waals surface area (Å²) in [5, 5.41) is 7.42. The van der Waals surface area contributed by atoms with Crippen LogP contribution in [-0.4, -0.2) is 10.2 Å². The molecular formula is C16H9F5N2OS. The minimum Gasteiger partial charge on any atom is -0.411 e. The molecule has 0 unspecified atom stereocenters. The van der Waals surface area contributed by atoms with Gasteiger partial charge in [0.1, 0.15) is 0 Å². The Balaban J connectivity index is 1.80. The van der Waals surface area contributed by atoms with Crippen LogP contribution in [0.1, 0.15) is 11.1 Å². The second-order valence-electron chi connectivity index (χ2n) is 5.08. The van der Waals surface area contributed by atoms with Gasteiger partial charge in [0.15, 0.2) is 23.3 Å². The molecule has 1 heterocycles. The molecular weight excluding hydrogens is 363 g/mol. The highest BCUT2D eigenvalue weighted by molar-refractivity contribution is 7.98. The van der Waals surface area contributed by atoms with E-state index in [4.69, 9.17) is 4.42 Å². The van der Waals surface area contributed by atoms with Crippen LogP contribution in [0.2, 0.25) is 0 Å². The summed E-state index contributed by atoms with van der Waals surface area (Å²) in [6.07, 6.45) is 0. The largest absolute Gasteiger partial charge is 0.411 e. The maximum absolute atomic E-state index is 13.6. The Hall–Kier alpha value is -2.42. The first-order chi connectivity index (χ1) is 11.9. The molecule has 3 aromatic rings. The van der Waals surface area contributed by atoms with Crippen LogP contribution in [-0.2, 0) is 5.75 Å². The molecule has 0 atom stereocenters. The van der Waals surface area contributed by atoms with Gasteiger partial charge >= 0.3 is 0 Å². The lowest BCUT2D eigenvalue weighted by Crippen LogP contribution is -2.06. The number of hydrogen-bond donors (Lipinski definition) is 0. The monoisotopic (exact) mass is 372 g/mol. The summed E-state index contributed by atoms with van der Waals surface area (Å²) in [6.45, 7) is 1.91. The second kappa shape index (κ2) is 6.83. The lowest BCUT2D eigenvalue weighted by molar-refractivity contribution is 0.372. The maximum Gasteiger partial charge on any atom is 0.277 e. The Morgan fingerprint density at radius 3 is 2.00 bits per heavy atom. The number of rotatable bonds is 4. The van der Waals surface area contributed by atoms with Gasteiger partial charge in [-0.15, -0.1) is 10.2 Å². The van der Waals surface area contributed by atoms with E-state index in [1.54, 1.807) is 12.1 Å². The van der Waals surface area contributed by atoms with Crippen LogP contribution < -0.4 is 0 Å². The molecule has 0 aliphatic heterocycles. The van der Waals surface area contributed by atoms with Crippen molar-refractivity contribution in [3.8, 4) is 11.5 Å². The maximum atomic E-state index is 13.6. The topological polar surface area (TPSA) is 38.9 Å². The van der Waals surface area contributed by atoms with Crippen molar-refractivity contribution in [2.45, 2.75) is 17.9 Å². The van der Waals surface area contributed by atoms with E-state index in [-0.39, 0.29) is 11.1 Å². The van der Waals surface area contributed by atoms with Crippen LogP contribution in [0.3, 0.4) is 0 Å². The van der Waals surface area contributed by atoms with E-state index >= 15 is 0 Å². The molecule has 2 aromatic carbocycles. The number of aromatic nitrogens is 2. The van der Waals surface area contributed by atoms with Crippen molar-refractivity contribution in [3.63, 3.8) is 0 Å². The Morgan fingerprint density at radius 2 is 1.40 bits per heavy atom. The molecule has 0 radical (unpaired) electrons. The zero-order valence-corrected chi connectivity index (χ0v) is 13.4. The third-order valence-electron chi connectivity index (χ3n) is 3.35. The molecule has 0 amide bonds. The van der Waals surface area contributed by atoms with Gasteiger partial charge in [-0.05, 0) is 19.1 Å². The van der Waals surface area contributed by atoms with E-state index in [0.717, 1.165) is 5.56 Å². The fourth-order valence-electron chi connectivity index (χ4n) is 1.99. The van der Waals surface area contributed by atoms with E-state index in [1.807, 2.05) is 19.1 Å². The van der Waals surface area contributed by atoms with Gasteiger partial charge in [-0.2, -0.15) is 0 Å². The zero-order chi connectivity index (χ0) is 18.1. The van der Waals surface area contributed by atoms with Gasteiger partial charge in [-0.1, -0.05) is 29.5 Å². The summed E-state index contributed by atoms with van der Waals surface area (Å²) < 4.78 is 71.9. The lowest BCUT2D eigenvalue weighted by Gasteiger charge is -2.06. The van der Waals surface area contributed by atoms with Crippen molar-refractivity contribution in [2.24, 2.45) is 0 Å². The molecule has 0 N–H and O–H groups in total. The van der Waals surface area contributed by atoms with Gasteiger partial charge in [0.25, 0.3) is 5.22 Å². The van der Waals surface area contributed by atoms with E-state index in [9.17, 15) is 22.0 Å². The van der Waals surface area contributed by atoms with Gasteiger partial charge in [0, 0.05) is 16.9 Å². The van der Waals surface area contributed by atoms with E-state index in [2.05, 4.69) is 10.2 Å². The summed E-state index contributed by atoms with van der Waals surface area (Å²) in [4.78, 5) is 0. The first-order valence-corrected chi connectivity index (χ1v) is 7.90. The van der Waals surface area contributed by atoms with E-state index in [1.165, 1.54) is 0 Å². The number of halogens is 5. The van der Waals surface area contributed by atoms with Crippen molar-refractivity contribution >= 4 is 11.8 Å². The quantitative estimate of drug-likeness (QED) is 0.279. The van der Waals surface area contributed by atoms with Gasteiger partial charge in [-0.3, -0.25) is 0 Å². The molecule has 0 saturated carbocycles. The number of benzene rings is 2. The van der Waals surface area contributed by atoms with Crippen LogP contribution in [0.4, 0.5) is 22.0 Å². The molecule has 3 nitrogen and oxygen atoms in total. The van der Waals surface area contributed by atoms with E-state index < -0.39 is 40.4 Å². The number of thioether (sulfide) groups is 1. The highest BCUT2D eigenvalue weighted by Gasteiger charge is 2.26.